The highest BCUT2D eigenvalue weighted by atomic mass is 35.5. The summed E-state index contributed by atoms with van der Waals surface area (Å²) in [7, 11) is 0. The summed E-state index contributed by atoms with van der Waals surface area (Å²) in [6, 6.07) is 23.5. The molecular formula is C26H19ClN4O2S. The van der Waals surface area contributed by atoms with Crippen molar-refractivity contribution in [2.24, 2.45) is 0 Å². The molecule has 6 nitrogen and oxygen atoms in total. The van der Waals surface area contributed by atoms with E-state index in [4.69, 9.17) is 21.3 Å². The largest absolute Gasteiger partial charge is 0.489 e. The van der Waals surface area contributed by atoms with Crippen LogP contribution in [0.4, 0.5) is 5.82 Å². The van der Waals surface area contributed by atoms with Gasteiger partial charge in [-0.25, -0.2) is 4.98 Å². The SMILES string of the molecule is O=C1C[C@H](c2ccc(OCc3ccccc3Cl)cc2)c2cnn(-c3nc4ccccc4s3)c2N1. The molecule has 6 rings (SSSR count). The Morgan fingerprint density at radius 1 is 1.06 bits per heavy atom. The van der Waals surface area contributed by atoms with Gasteiger partial charge in [-0.3, -0.25) is 4.79 Å². The molecule has 1 aliphatic rings. The van der Waals surface area contributed by atoms with Crippen molar-refractivity contribution < 1.29 is 9.53 Å². The maximum Gasteiger partial charge on any atom is 0.226 e. The molecule has 0 aliphatic carbocycles. The summed E-state index contributed by atoms with van der Waals surface area (Å²) in [6.45, 7) is 0.393. The second-order valence-corrected chi connectivity index (χ2v) is 9.49. The number of anilines is 1. The van der Waals surface area contributed by atoms with E-state index in [0.29, 0.717) is 23.9 Å². The van der Waals surface area contributed by atoms with Crippen LogP contribution in [-0.4, -0.2) is 20.7 Å². The molecular weight excluding hydrogens is 468 g/mol. The van der Waals surface area contributed by atoms with Gasteiger partial charge in [0.1, 0.15) is 18.2 Å². The minimum Gasteiger partial charge on any atom is -0.489 e. The number of aromatic nitrogens is 3. The average molecular weight is 487 g/mol. The molecule has 34 heavy (non-hydrogen) atoms. The van der Waals surface area contributed by atoms with Crippen LogP contribution in [0, 0.1) is 0 Å². The molecule has 3 heterocycles. The molecule has 0 saturated heterocycles. The number of carbonyl (C=O) groups excluding carboxylic acids is 1. The van der Waals surface area contributed by atoms with Crippen molar-refractivity contribution in [3.63, 3.8) is 0 Å². The van der Waals surface area contributed by atoms with Gasteiger partial charge >= 0.3 is 0 Å². The fourth-order valence-corrected chi connectivity index (χ4v) is 5.31. The van der Waals surface area contributed by atoms with Gasteiger partial charge in [-0.1, -0.05) is 65.4 Å². The first-order chi connectivity index (χ1) is 16.7. The number of hydrogen-bond donors (Lipinski definition) is 1. The van der Waals surface area contributed by atoms with Crippen molar-refractivity contribution in [3.8, 4) is 10.9 Å². The molecule has 1 amide bonds. The maximum atomic E-state index is 12.6. The topological polar surface area (TPSA) is 69.0 Å². The minimum absolute atomic E-state index is 0.0422. The lowest BCUT2D eigenvalue weighted by molar-refractivity contribution is -0.116. The summed E-state index contributed by atoms with van der Waals surface area (Å²) in [6.07, 6.45) is 2.19. The second-order valence-electron chi connectivity index (χ2n) is 8.08. The number of thiazole rings is 1. The molecule has 5 aromatic rings. The standard InChI is InChI=1S/C26H19ClN4O2S/c27-21-6-2-1-5-17(21)15-33-18-11-9-16(10-12-18)19-13-24(32)30-25-20(19)14-28-31(25)26-29-22-7-3-4-8-23(22)34-26/h1-12,14,19H,13,15H2,(H,30,32)/t19-/m1/s1. The van der Waals surface area contributed by atoms with Gasteiger partial charge in [0.15, 0.2) is 0 Å². The molecule has 0 fully saturated rings. The molecule has 0 spiro atoms. The van der Waals surface area contributed by atoms with E-state index in [9.17, 15) is 4.79 Å². The number of hydrogen-bond acceptors (Lipinski definition) is 5. The van der Waals surface area contributed by atoms with Crippen molar-refractivity contribution in [1.29, 1.82) is 0 Å². The zero-order valence-electron chi connectivity index (χ0n) is 17.9. The van der Waals surface area contributed by atoms with Crippen molar-refractivity contribution in [1.82, 2.24) is 14.8 Å². The first-order valence-electron chi connectivity index (χ1n) is 10.9. The lowest BCUT2D eigenvalue weighted by Crippen LogP contribution is -2.24. The molecule has 8 heteroatoms. The predicted octanol–water partition coefficient (Wildman–Crippen LogP) is 6.19. The Balaban J connectivity index is 1.27. The number of benzene rings is 3. The highest BCUT2D eigenvalue weighted by Crippen LogP contribution is 2.39. The minimum atomic E-state index is -0.0931. The summed E-state index contributed by atoms with van der Waals surface area (Å²) < 4.78 is 8.71. The van der Waals surface area contributed by atoms with Crippen LogP contribution in [0.15, 0.2) is 79.0 Å². The summed E-state index contributed by atoms with van der Waals surface area (Å²) in [5, 5.41) is 8.99. The molecule has 0 bridgehead atoms. The van der Waals surface area contributed by atoms with Crippen LogP contribution in [0.1, 0.15) is 29.0 Å². The zero-order chi connectivity index (χ0) is 23.1. The predicted molar refractivity (Wildman–Crippen MR) is 134 cm³/mol. The monoisotopic (exact) mass is 486 g/mol. The highest BCUT2D eigenvalue weighted by molar-refractivity contribution is 7.20. The van der Waals surface area contributed by atoms with E-state index in [2.05, 4.69) is 10.4 Å². The fraction of sp³-hybridized carbons (Fsp3) is 0.115. The molecule has 168 valence electrons. The number of amides is 1. The molecule has 2 aromatic heterocycles. The molecule has 0 radical (unpaired) electrons. The van der Waals surface area contributed by atoms with E-state index in [1.807, 2.05) is 79.0 Å². The zero-order valence-corrected chi connectivity index (χ0v) is 19.5. The van der Waals surface area contributed by atoms with Gasteiger partial charge in [0.25, 0.3) is 0 Å². The molecule has 3 aromatic carbocycles. The van der Waals surface area contributed by atoms with Crippen molar-refractivity contribution in [2.45, 2.75) is 18.9 Å². The van der Waals surface area contributed by atoms with E-state index in [1.165, 1.54) is 0 Å². The number of fused-ring (bicyclic) bond motifs is 2. The maximum absolute atomic E-state index is 12.6. The highest BCUT2D eigenvalue weighted by Gasteiger charge is 2.31. The summed E-state index contributed by atoms with van der Waals surface area (Å²) in [4.78, 5) is 17.3. The molecule has 1 aliphatic heterocycles. The Hall–Kier alpha value is -3.68. The van der Waals surface area contributed by atoms with Crippen LogP contribution in [0.3, 0.4) is 0 Å². The Morgan fingerprint density at radius 3 is 2.68 bits per heavy atom. The lowest BCUT2D eigenvalue weighted by Gasteiger charge is -2.23. The number of carbonyl (C=O) groups is 1. The number of para-hydroxylation sites is 1. The van der Waals surface area contributed by atoms with Gasteiger partial charge in [-0.05, 0) is 35.9 Å². The van der Waals surface area contributed by atoms with E-state index in [1.54, 1.807) is 16.0 Å². The van der Waals surface area contributed by atoms with E-state index < -0.39 is 0 Å². The van der Waals surface area contributed by atoms with Crippen molar-refractivity contribution in [2.75, 3.05) is 5.32 Å². The van der Waals surface area contributed by atoms with Gasteiger partial charge in [-0.2, -0.15) is 9.78 Å². The quantitative estimate of drug-likeness (QED) is 0.321. The molecule has 1 atom stereocenters. The van der Waals surface area contributed by atoms with Gasteiger partial charge in [0.2, 0.25) is 11.0 Å². The lowest BCUT2D eigenvalue weighted by atomic mass is 9.87. The summed E-state index contributed by atoms with van der Waals surface area (Å²) in [5.41, 5.74) is 3.86. The fourth-order valence-electron chi connectivity index (χ4n) is 4.19. The number of halogens is 1. The number of nitrogens with one attached hydrogen (secondary N) is 1. The van der Waals surface area contributed by atoms with Crippen LogP contribution >= 0.6 is 22.9 Å². The molecule has 0 unspecified atom stereocenters. The third-order valence-corrected chi connectivity index (χ3v) is 7.30. The molecule has 1 N–H and O–H groups in total. The van der Waals surface area contributed by atoms with Crippen LogP contribution in [0.25, 0.3) is 15.3 Å². The normalized spacial score (nSPS) is 15.2. The Bertz CT molecular complexity index is 1480. The van der Waals surface area contributed by atoms with E-state index in [-0.39, 0.29) is 11.8 Å². The number of rotatable bonds is 5. The van der Waals surface area contributed by atoms with Gasteiger partial charge in [0.05, 0.1) is 16.4 Å². The van der Waals surface area contributed by atoms with Crippen LogP contribution in [-0.2, 0) is 11.4 Å². The number of ether oxygens (including phenoxy) is 1. The van der Waals surface area contributed by atoms with Gasteiger partial charge in [-0.15, -0.1) is 0 Å². The first kappa shape index (κ1) is 20.9. The van der Waals surface area contributed by atoms with E-state index in [0.717, 1.165) is 37.8 Å². The van der Waals surface area contributed by atoms with Gasteiger partial charge in [0, 0.05) is 28.5 Å². The van der Waals surface area contributed by atoms with Crippen LogP contribution < -0.4 is 10.1 Å². The summed E-state index contributed by atoms with van der Waals surface area (Å²) in [5.74, 6) is 1.29. The van der Waals surface area contributed by atoms with Crippen LogP contribution in [0.2, 0.25) is 5.02 Å². The van der Waals surface area contributed by atoms with Crippen molar-refractivity contribution >= 4 is 44.9 Å². The second kappa shape index (κ2) is 8.59. The average Bonchev–Trinajstić information content (AvgIpc) is 3.47. The van der Waals surface area contributed by atoms with Gasteiger partial charge < -0.3 is 10.1 Å². The molecule has 0 saturated carbocycles. The smallest absolute Gasteiger partial charge is 0.226 e. The summed E-state index contributed by atoms with van der Waals surface area (Å²) >= 11 is 7.76. The Labute approximate surface area is 204 Å². The van der Waals surface area contributed by atoms with Crippen molar-refractivity contribution in [3.05, 3.63) is 101 Å². The third-order valence-electron chi connectivity index (χ3n) is 5.92. The van der Waals surface area contributed by atoms with E-state index >= 15 is 0 Å². The Kier molecular flexibility index (Phi) is 5.28. The number of nitrogens with zero attached hydrogens (tertiary/aromatic N) is 3. The first-order valence-corrected chi connectivity index (χ1v) is 12.0. The van der Waals surface area contributed by atoms with Crippen LogP contribution in [0.5, 0.6) is 5.75 Å². The Morgan fingerprint density at radius 2 is 1.85 bits per heavy atom. The third kappa shape index (κ3) is 3.83.